The van der Waals surface area contributed by atoms with Crippen LogP contribution in [0.3, 0.4) is 0 Å². The monoisotopic (exact) mass is 320 g/mol. The van der Waals surface area contributed by atoms with E-state index in [4.69, 9.17) is 0 Å². The average Bonchev–Trinajstić information content (AvgIpc) is 3.19. The molecule has 2 aliphatic carbocycles. The van der Waals surface area contributed by atoms with E-state index in [2.05, 4.69) is 76.2 Å². The Labute approximate surface area is 148 Å². The van der Waals surface area contributed by atoms with E-state index in [1.165, 1.54) is 25.7 Å². The van der Waals surface area contributed by atoms with Crippen molar-refractivity contribution in [3.8, 4) is 0 Å². The second-order valence-electron chi connectivity index (χ2n) is 8.27. The van der Waals surface area contributed by atoms with Gasteiger partial charge in [0.25, 0.3) is 0 Å². The van der Waals surface area contributed by atoms with Gasteiger partial charge in [-0.25, -0.2) is 0 Å². The Bertz CT molecular complexity index is 640. The van der Waals surface area contributed by atoms with E-state index in [-0.39, 0.29) is 0 Å². The standard InChI is InChI=1S/2C12H16/c1-9(2)12-7-10-5-3-4-6-11(10)8-12;1-9(2)11-8-7-10-5-3-4-6-12(10)11/h3-6,9,12H,7-8H2,1-2H3;3-6,9,11H,7-8H2,1-2H3. The first-order valence-electron chi connectivity index (χ1n) is 9.70. The highest BCUT2D eigenvalue weighted by Gasteiger charge is 2.24. The second kappa shape index (κ2) is 7.55. The Morgan fingerprint density at radius 1 is 0.708 bits per heavy atom. The van der Waals surface area contributed by atoms with Crippen molar-refractivity contribution in [3.63, 3.8) is 0 Å². The summed E-state index contributed by atoms with van der Waals surface area (Å²) in [6.07, 6.45) is 5.25. The molecule has 0 bridgehead atoms. The molecule has 0 spiro atoms. The van der Waals surface area contributed by atoms with Crippen LogP contribution in [0.15, 0.2) is 48.5 Å². The molecule has 0 fully saturated rings. The number of hydrogen-bond donors (Lipinski definition) is 0. The predicted octanol–water partition coefficient (Wildman–Crippen LogP) is 6.43. The molecular weight excluding hydrogens is 288 g/mol. The van der Waals surface area contributed by atoms with Gasteiger partial charge >= 0.3 is 0 Å². The van der Waals surface area contributed by atoms with Crippen molar-refractivity contribution in [1.82, 2.24) is 0 Å². The van der Waals surface area contributed by atoms with Gasteiger partial charge in [0.2, 0.25) is 0 Å². The summed E-state index contributed by atoms with van der Waals surface area (Å²) < 4.78 is 0. The normalized spacial score (nSPS) is 19.2. The van der Waals surface area contributed by atoms with Gasteiger partial charge in [-0.2, -0.15) is 0 Å². The van der Waals surface area contributed by atoms with Gasteiger partial charge in [-0.05, 0) is 71.6 Å². The van der Waals surface area contributed by atoms with Crippen LogP contribution in [0.25, 0.3) is 0 Å². The van der Waals surface area contributed by atoms with E-state index >= 15 is 0 Å². The van der Waals surface area contributed by atoms with Gasteiger partial charge in [-0.15, -0.1) is 0 Å². The molecule has 1 unspecified atom stereocenters. The van der Waals surface area contributed by atoms with E-state index in [9.17, 15) is 0 Å². The largest absolute Gasteiger partial charge is 0.0625 e. The van der Waals surface area contributed by atoms with Crippen LogP contribution in [0.5, 0.6) is 0 Å². The van der Waals surface area contributed by atoms with E-state index < -0.39 is 0 Å². The Balaban J connectivity index is 0.000000141. The van der Waals surface area contributed by atoms with Crippen molar-refractivity contribution in [2.45, 2.75) is 59.3 Å². The number of benzene rings is 2. The van der Waals surface area contributed by atoms with E-state index in [1.807, 2.05) is 0 Å². The van der Waals surface area contributed by atoms with E-state index in [1.54, 1.807) is 22.3 Å². The van der Waals surface area contributed by atoms with Gasteiger partial charge in [0.15, 0.2) is 0 Å². The van der Waals surface area contributed by atoms with Crippen LogP contribution in [0, 0.1) is 17.8 Å². The van der Waals surface area contributed by atoms with Crippen LogP contribution >= 0.6 is 0 Å². The summed E-state index contributed by atoms with van der Waals surface area (Å²) in [6, 6.07) is 17.8. The molecule has 2 aliphatic rings. The van der Waals surface area contributed by atoms with Gasteiger partial charge in [-0.1, -0.05) is 76.2 Å². The third-order valence-electron chi connectivity index (χ3n) is 6.01. The Kier molecular flexibility index (Phi) is 5.43. The van der Waals surface area contributed by atoms with Gasteiger partial charge < -0.3 is 0 Å². The first-order valence-corrected chi connectivity index (χ1v) is 9.70. The van der Waals surface area contributed by atoms with E-state index in [0.717, 1.165) is 23.7 Å². The van der Waals surface area contributed by atoms with Gasteiger partial charge in [0.1, 0.15) is 0 Å². The highest BCUT2D eigenvalue weighted by molar-refractivity contribution is 5.35. The van der Waals surface area contributed by atoms with Crippen LogP contribution in [0.4, 0.5) is 0 Å². The van der Waals surface area contributed by atoms with Crippen LogP contribution in [0.2, 0.25) is 0 Å². The van der Waals surface area contributed by atoms with Crippen molar-refractivity contribution in [2.24, 2.45) is 17.8 Å². The molecule has 0 radical (unpaired) electrons. The summed E-state index contributed by atoms with van der Waals surface area (Å²) in [4.78, 5) is 0. The first-order chi connectivity index (χ1) is 11.6. The molecule has 4 rings (SSSR count). The zero-order valence-electron chi connectivity index (χ0n) is 15.8. The second-order valence-corrected chi connectivity index (χ2v) is 8.27. The van der Waals surface area contributed by atoms with Crippen LogP contribution in [-0.4, -0.2) is 0 Å². The molecule has 0 heteroatoms. The lowest BCUT2D eigenvalue weighted by Gasteiger charge is -2.14. The smallest absolute Gasteiger partial charge is 0.0133 e. The van der Waals surface area contributed by atoms with Gasteiger partial charge in [0.05, 0.1) is 0 Å². The fourth-order valence-corrected chi connectivity index (χ4v) is 4.35. The third-order valence-corrected chi connectivity index (χ3v) is 6.01. The molecule has 2 aromatic rings. The Morgan fingerprint density at radius 2 is 1.25 bits per heavy atom. The molecule has 0 N–H and O–H groups in total. The van der Waals surface area contributed by atoms with Gasteiger partial charge in [-0.3, -0.25) is 0 Å². The van der Waals surface area contributed by atoms with Crippen LogP contribution < -0.4 is 0 Å². The van der Waals surface area contributed by atoms with Crippen LogP contribution in [0.1, 0.15) is 62.3 Å². The zero-order chi connectivity index (χ0) is 17.1. The molecule has 1 atom stereocenters. The van der Waals surface area contributed by atoms with Crippen molar-refractivity contribution < 1.29 is 0 Å². The third kappa shape index (κ3) is 3.74. The lowest BCUT2D eigenvalue weighted by molar-refractivity contribution is 0.404. The summed E-state index contributed by atoms with van der Waals surface area (Å²) in [5, 5.41) is 0. The SMILES string of the molecule is CC(C)C1CCc2ccccc21.CC(C)C1Cc2ccccc2C1. The predicted molar refractivity (Wildman–Crippen MR) is 105 cm³/mol. The molecule has 0 aliphatic heterocycles. The maximum absolute atomic E-state index is 2.33. The zero-order valence-corrected chi connectivity index (χ0v) is 15.8. The summed E-state index contributed by atoms with van der Waals surface area (Å²) >= 11 is 0. The minimum absolute atomic E-state index is 0.800. The molecule has 2 aromatic carbocycles. The maximum atomic E-state index is 2.33. The highest BCUT2D eigenvalue weighted by Crippen LogP contribution is 2.37. The molecule has 0 aromatic heterocycles. The minimum atomic E-state index is 0.800. The fourth-order valence-electron chi connectivity index (χ4n) is 4.35. The lowest BCUT2D eigenvalue weighted by Crippen LogP contribution is -2.07. The maximum Gasteiger partial charge on any atom is -0.0133 e. The minimum Gasteiger partial charge on any atom is -0.0625 e. The number of rotatable bonds is 2. The van der Waals surface area contributed by atoms with Crippen molar-refractivity contribution in [1.29, 1.82) is 0 Å². The van der Waals surface area contributed by atoms with Crippen molar-refractivity contribution in [3.05, 3.63) is 70.8 Å². The van der Waals surface area contributed by atoms with E-state index in [0.29, 0.717) is 0 Å². The summed E-state index contributed by atoms with van der Waals surface area (Å²) in [7, 11) is 0. The lowest BCUT2D eigenvalue weighted by atomic mass is 9.90. The first kappa shape index (κ1) is 17.3. The van der Waals surface area contributed by atoms with Gasteiger partial charge in [0, 0.05) is 0 Å². The number of fused-ring (bicyclic) bond motifs is 2. The highest BCUT2D eigenvalue weighted by atomic mass is 14.3. The molecule has 128 valence electrons. The summed E-state index contributed by atoms with van der Waals surface area (Å²) in [5.41, 5.74) is 6.34. The Hall–Kier alpha value is -1.56. The average molecular weight is 321 g/mol. The molecule has 24 heavy (non-hydrogen) atoms. The van der Waals surface area contributed by atoms with Crippen molar-refractivity contribution >= 4 is 0 Å². The molecule has 0 nitrogen and oxygen atoms in total. The summed E-state index contributed by atoms with van der Waals surface area (Å²) in [6.45, 7) is 9.31. The molecular formula is C24H32. The fraction of sp³-hybridized carbons (Fsp3) is 0.500. The molecule has 0 saturated carbocycles. The van der Waals surface area contributed by atoms with Crippen LogP contribution in [-0.2, 0) is 19.3 Å². The molecule has 0 saturated heterocycles. The van der Waals surface area contributed by atoms with Crippen molar-refractivity contribution in [2.75, 3.05) is 0 Å². The number of aryl methyl sites for hydroxylation is 1. The quantitative estimate of drug-likeness (QED) is 0.598. The number of hydrogen-bond acceptors (Lipinski definition) is 0. The topological polar surface area (TPSA) is 0 Å². The molecule has 0 amide bonds. The summed E-state index contributed by atoms with van der Waals surface area (Å²) in [5.74, 6) is 3.34. The Morgan fingerprint density at radius 3 is 1.79 bits per heavy atom. The molecule has 0 heterocycles.